The maximum Gasteiger partial charge on any atom is 0.0465 e. The standard InChI is InChI=1S/C18H25N3/c1-4-18(5-2)13-21(14(3)11-20-18)17-8-6-7-15-9-10-19-12-16(15)17/h6-10,12,14,20H,4-5,11,13H2,1-3H3. The van der Waals surface area contributed by atoms with Crippen molar-refractivity contribution in [1.82, 2.24) is 10.3 Å². The van der Waals surface area contributed by atoms with Gasteiger partial charge in [0, 0.05) is 48.1 Å². The van der Waals surface area contributed by atoms with Crippen LogP contribution in [-0.2, 0) is 0 Å². The van der Waals surface area contributed by atoms with Crippen molar-refractivity contribution in [2.75, 3.05) is 18.0 Å². The van der Waals surface area contributed by atoms with E-state index in [2.05, 4.69) is 60.2 Å². The molecule has 0 saturated carbocycles. The molecule has 1 aliphatic rings. The third-order valence-corrected chi connectivity index (χ3v) is 5.10. The van der Waals surface area contributed by atoms with E-state index in [1.165, 1.54) is 16.5 Å². The number of hydrogen-bond acceptors (Lipinski definition) is 3. The van der Waals surface area contributed by atoms with Gasteiger partial charge in [0.2, 0.25) is 0 Å². The fraction of sp³-hybridized carbons (Fsp3) is 0.500. The van der Waals surface area contributed by atoms with Crippen molar-refractivity contribution in [3.63, 3.8) is 0 Å². The molecule has 0 radical (unpaired) electrons. The highest BCUT2D eigenvalue weighted by atomic mass is 15.3. The van der Waals surface area contributed by atoms with Crippen LogP contribution in [0.3, 0.4) is 0 Å². The van der Waals surface area contributed by atoms with Crippen molar-refractivity contribution < 1.29 is 0 Å². The molecule has 3 rings (SSSR count). The molecule has 3 heteroatoms. The average molecular weight is 283 g/mol. The van der Waals surface area contributed by atoms with E-state index in [0.717, 1.165) is 25.9 Å². The molecule has 0 spiro atoms. The summed E-state index contributed by atoms with van der Waals surface area (Å²) >= 11 is 0. The van der Waals surface area contributed by atoms with Crippen LogP contribution in [0.1, 0.15) is 33.6 Å². The zero-order valence-corrected chi connectivity index (χ0v) is 13.3. The lowest BCUT2D eigenvalue weighted by atomic mass is 9.88. The van der Waals surface area contributed by atoms with Gasteiger partial charge < -0.3 is 10.2 Å². The smallest absolute Gasteiger partial charge is 0.0465 e. The summed E-state index contributed by atoms with van der Waals surface area (Å²) in [5.74, 6) is 0. The van der Waals surface area contributed by atoms with Crippen LogP contribution in [0.4, 0.5) is 5.69 Å². The second-order valence-electron chi connectivity index (χ2n) is 6.22. The minimum atomic E-state index is 0.233. The highest BCUT2D eigenvalue weighted by Crippen LogP contribution is 2.32. The van der Waals surface area contributed by atoms with Gasteiger partial charge in [0.05, 0.1) is 0 Å². The van der Waals surface area contributed by atoms with Gasteiger partial charge in [-0.25, -0.2) is 0 Å². The van der Waals surface area contributed by atoms with Crippen molar-refractivity contribution >= 4 is 16.5 Å². The summed E-state index contributed by atoms with van der Waals surface area (Å²) in [6.45, 7) is 8.98. The molecule has 1 atom stereocenters. The van der Waals surface area contributed by atoms with Crippen molar-refractivity contribution in [2.24, 2.45) is 0 Å². The fourth-order valence-corrected chi connectivity index (χ4v) is 3.41. The number of pyridine rings is 1. The highest BCUT2D eigenvalue weighted by Gasteiger charge is 2.35. The molecule has 3 nitrogen and oxygen atoms in total. The maximum absolute atomic E-state index is 4.33. The third kappa shape index (κ3) is 2.51. The Morgan fingerprint density at radius 1 is 1.29 bits per heavy atom. The molecular weight excluding hydrogens is 258 g/mol. The Bertz CT molecular complexity index is 613. The fourth-order valence-electron chi connectivity index (χ4n) is 3.41. The van der Waals surface area contributed by atoms with Crippen LogP contribution in [0.5, 0.6) is 0 Å². The monoisotopic (exact) mass is 283 g/mol. The summed E-state index contributed by atoms with van der Waals surface area (Å²) in [6, 6.07) is 9.16. The summed E-state index contributed by atoms with van der Waals surface area (Å²) in [6.07, 6.45) is 6.19. The van der Waals surface area contributed by atoms with Gasteiger partial charge in [-0.2, -0.15) is 0 Å². The van der Waals surface area contributed by atoms with Crippen LogP contribution >= 0.6 is 0 Å². The highest BCUT2D eigenvalue weighted by molar-refractivity contribution is 5.93. The quantitative estimate of drug-likeness (QED) is 0.933. The van der Waals surface area contributed by atoms with Crippen LogP contribution in [0.25, 0.3) is 10.8 Å². The van der Waals surface area contributed by atoms with Crippen LogP contribution in [-0.4, -0.2) is 29.7 Å². The normalized spacial score (nSPS) is 21.7. The lowest BCUT2D eigenvalue weighted by Gasteiger charge is -2.48. The molecule has 1 unspecified atom stereocenters. The molecule has 0 bridgehead atoms. The number of piperazine rings is 1. The van der Waals surface area contributed by atoms with E-state index in [4.69, 9.17) is 0 Å². The predicted molar refractivity (Wildman–Crippen MR) is 89.9 cm³/mol. The van der Waals surface area contributed by atoms with Crippen LogP contribution in [0, 0.1) is 0 Å². The summed E-state index contributed by atoms with van der Waals surface area (Å²) in [4.78, 5) is 6.89. The molecule has 2 aromatic rings. The van der Waals surface area contributed by atoms with E-state index in [1.54, 1.807) is 0 Å². The predicted octanol–water partition coefficient (Wildman–Crippen LogP) is 3.59. The molecular formula is C18H25N3. The van der Waals surface area contributed by atoms with Crippen LogP contribution < -0.4 is 10.2 Å². The number of aromatic nitrogens is 1. The second-order valence-corrected chi connectivity index (χ2v) is 6.22. The largest absolute Gasteiger partial charge is 0.365 e. The van der Waals surface area contributed by atoms with Crippen molar-refractivity contribution in [3.8, 4) is 0 Å². The first-order valence-corrected chi connectivity index (χ1v) is 8.03. The first-order chi connectivity index (χ1) is 10.2. The van der Waals surface area contributed by atoms with Crippen LogP contribution in [0.2, 0.25) is 0 Å². The van der Waals surface area contributed by atoms with E-state index in [1.807, 2.05) is 12.4 Å². The van der Waals surface area contributed by atoms with E-state index in [-0.39, 0.29) is 5.54 Å². The number of nitrogens with zero attached hydrogens (tertiary/aromatic N) is 2. The molecule has 112 valence electrons. The molecule has 1 fully saturated rings. The van der Waals surface area contributed by atoms with E-state index in [0.29, 0.717) is 6.04 Å². The maximum atomic E-state index is 4.33. The zero-order valence-electron chi connectivity index (χ0n) is 13.3. The Morgan fingerprint density at radius 2 is 2.10 bits per heavy atom. The third-order valence-electron chi connectivity index (χ3n) is 5.10. The zero-order chi connectivity index (χ0) is 14.9. The molecule has 21 heavy (non-hydrogen) atoms. The first-order valence-electron chi connectivity index (χ1n) is 8.03. The van der Waals surface area contributed by atoms with Crippen LogP contribution in [0.15, 0.2) is 36.7 Å². The molecule has 1 N–H and O–H groups in total. The Hall–Kier alpha value is -1.61. The Balaban J connectivity index is 2.04. The van der Waals surface area contributed by atoms with E-state index >= 15 is 0 Å². The van der Waals surface area contributed by atoms with Gasteiger partial charge in [0.1, 0.15) is 0 Å². The SMILES string of the molecule is CCC1(CC)CN(c2cccc3ccncc23)C(C)CN1. The summed E-state index contributed by atoms with van der Waals surface area (Å²) in [7, 11) is 0. The van der Waals surface area contributed by atoms with Gasteiger partial charge in [-0.05, 0) is 37.3 Å². The summed E-state index contributed by atoms with van der Waals surface area (Å²) in [5.41, 5.74) is 1.55. The number of rotatable bonds is 3. The summed E-state index contributed by atoms with van der Waals surface area (Å²) < 4.78 is 0. The molecule has 1 aliphatic heterocycles. The Kier molecular flexibility index (Phi) is 3.85. The number of fused-ring (bicyclic) bond motifs is 1. The van der Waals surface area contributed by atoms with Gasteiger partial charge in [-0.15, -0.1) is 0 Å². The number of nitrogens with one attached hydrogen (secondary N) is 1. The molecule has 1 saturated heterocycles. The lowest BCUT2D eigenvalue weighted by molar-refractivity contribution is 0.254. The summed E-state index contributed by atoms with van der Waals surface area (Å²) in [5, 5.41) is 6.30. The van der Waals surface area contributed by atoms with E-state index < -0.39 is 0 Å². The molecule has 1 aromatic carbocycles. The van der Waals surface area contributed by atoms with Crippen molar-refractivity contribution in [1.29, 1.82) is 0 Å². The Morgan fingerprint density at radius 3 is 2.86 bits per heavy atom. The number of hydrogen-bond donors (Lipinski definition) is 1. The number of anilines is 1. The van der Waals surface area contributed by atoms with Gasteiger partial charge >= 0.3 is 0 Å². The second kappa shape index (κ2) is 5.64. The molecule has 0 aliphatic carbocycles. The lowest BCUT2D eigenvalue weighted by Crippen LogP contribution is -2.63. The van der Waals surface area contributed by atoms with Crippen molar-refractivity contribution in [3.05, 3.63) is 36.7 Å². The van der Waals surface area contributed by atoms with Gasteiger partial charge in [0.15, 0.2) is 0 Å². The first kappa shape index (κ1) is 14.3. The van der Waals surface area contributed by atoms with Gasteiger partial charge in [-0.1, -0.05) is 26.0 Å². The topological polar surface area (TPSA) is 28.2 Å². The molecule has 1 aromatic heterocycles. The van der Waals surface area contributed by atoms with Crippen molar-refractivity contribution in [2.45, 2.75) is 45.2 Å². The molecule has 0 amide bonds. The van der Waals surface area contributed by atoms with Gasteiger partial charge in [-0.3, -0.25) is 4.98 Å². The Labute approximate surface area is 127 Å². The molecule has 2 heterocycles. The van der Waals surface area contributed by atoms with Gasteiger partial charge in [0.25, 0.3) is 0 Å². The minimum Gasteiger partial charge on any atom is -0.365 e. The average Bonchev–Trinajstić information content (AvgIpc) is 2.55. The van der Waals surface area contributed by atoms with E-state index in [9.17, 15) is 0 Å². The minimum absolute atomic E-state index is 0.233. The number of benzene rings is 1.